The molecule has 1 nitrogen and oxygen atoms in total. The molecule has 0 saturated heterocycles. The highest BCUT2D eigenvalue weighted by atomic mass is 19.4. The number of hydrogen-bond donors (Lipinski definition) is 1. The van der Waals surface area contributed by atoms with Crippen LogP contribution in [0.1, 0.15) is 62.7 Å². The van der Waals surface area contributed by atoms with Crippen LogP contribution in [-0.4, -0.2) is 5.11 Å². The lowest BCUT2D eigenvalue weighted by Crippen LogP contribution is -2.12. The summed E-state index contributed by atoms with van der Waals surface area (Å²) in [6, 6.07) is 2.41. The Hall–Kier alpha value is -1.10. The average molecular weight is 292 g/mol. The molecule has 0 amide bonds. The zero-order valence-corrected chi connectivity index (χ0v) is 11.5. The lowest BCUT2D eigenvalue weighted by atomic mass is 9.97. The second kappa shape index (κ2) is 7.62. The lowest BCUT2D eigenvalue weighted by molar-refractivity contribution is -0.139. The third-order valence-electron chi connectivity index (χ3n) is 3.26. The minimum Gasteiger partial charge on any atom is -0.388 e. The first-order valence-corrected chi connectivity index (χ1v) is 6.91. The molecule has 0 aliphatic carbocycles. The second-order valence-corrected chi connectivity index (χ2v) is 4.95. The van der Waals surface area contributed by atoms with Gasteiger partial charge in [0.25, 0.3) is 0 Å². The van der Waals surface area contributed by atoms with Gasteiger partial charge in [0.1, 0.15) is 5.82 Å². The van der Waals surface area contributed by atoms with Crippen LogP contribution in [0.4, 0.5) is 17.6 Å². The molecule has 1 N–H and O–H groups in total. The zero-order chi connectivity index (χ0) is 15.2. The van der Waals surface area contributed by atoms with Crippen LogP contribution in [0, 0.1) is 5.82 Å². The number of rotatable bonds is 7. The SMILES string of the molecule is CCCCCCCC(O)c1ccc(F)cc1C(F)(F)F. The number of aliphatic hydroxyl groups is 1. The summed E-state index contributed by atoms with van der Waals surface area (Å²) in [5, 5.41) is 9.89. The molecule has 1 atom stereocenters. The maximum Gasteiger partial charge on any atom is 0.416 e. The Balaban J connectivity index is 2.70. The van der Waals surface area contributed by atoms with Gasteiger partial charge in [0.2, 0.25) is 0 Å². The van der Waals surface area contributed by atoms with E-state index in [1.165, 1.54) is 0 Å². The zero-order valence-electron chi connectivity index (χ0n) is 11.5. The van der Waals surface area contributed by atoms with Crippen molar-refractivity contribution >= 4 is 0 Å². The van der Waals surface area contributed by atoms with Crippen LogP contribution in [0.15, 0.2) is 18.2 Å². The molecule has 1 unspecified atom stereocenters. The molecule has 20 heavy (non-hydrogen) atoms. The quantitative estimate of drug-likeness (QED) is 0.538. The summed E-state index contributed by atoms with van der Waals surface area (Å²) < 4.78 is 51.3. The van der Waals surface area contributed by atoms with E-state index in [2.05, 4.69) is 6.92 Å². The topological polar surface area (TPSA) is 20.2 Å². The molecule has 5 heteroatoms. The first-order chi connectivity index (χ1) is 9.36. The standard InChI is InChI=1S/C15H20F4O/c1-2-3-4-5-6-7-14(20)12-9-8-11(16)10-13(12)15(17,18)19/h8-10,14,20H,2-7H2,1H3. The fourth-order valence-electron chi connectivity index (χ4n) is 2.16. The van der Waals surface area contributed by atoms with Crippen molar-refractivity contribution in [3.05, 3.63) is 35.1 Å². The van der Waals surface area contributed by atoms with Crippen molar-refractivity contribution in [3.8, 4) is 0 Å². The number of halogens is 4. The van der Waals surface area contributed by atoms with Crippen molar-refractivity contribution in [3.63, 3.8) is 0 Å². The normalized spacial score (nSPS) is 13.5. The molecule has 0 spiro atoms. The molecule has 0 fully saturated rings. The summed E-state index contributed by atoms with van der Waals surface area (Å²) in [6.45, 7) is 2.07. The van der Waals surface area contributed by atoms with Crippen LogP contribution in [0.5, 0.6) is 0 Å². The van der Waals surface area contributed by atoms with E-state index in [-0.39, 0.29) is 12.0 Å². The Bertz CT molecular complexity index is 415. The number of benzene rings is 1. The Morgan fingerprint density at radius 3 is 2.35 bits per heavy atom. The van der Waals surface area contributed by atoms with Gasteiger partial charge in [0.05, 0.1) is 11.7 Å². The van der Waals surface area contributed by atoms with Crippen LogP contribution < -0.4 is 0 Å². The summed E-state index contributed by atoms with van der Waals surface area (Å²) in [5.74, 6) is -0.948. The van der Waals surface area contributed by atoms with Gasteiger partial charge in [0, 0.05) is 0 Å². The van der Waals surface area contributed by atoms with E-state index in [4.69, 9.17) is 0 Å². The first-order valence-electron chi connectivity index (χ1n) is 6.91. The summed E-state index contributed by atoms with van der Waals surface area (Å²) >= 11 is 0. The highest BCUT2D eigenvalue weighted by molar-refractivity contribution is 5.32. The number of unbranched alkanes of at least 4 members (excludes halogenated alkanes) is 4. The third kappa shape index (κ3) is 5.12. The molecule has 1 aromatic carbocycles. The monoisotopic (exact) mass is 292 g/mol. The number of hydrogen-bond acceptors (Lipinski definition) is 1. The third-order valence-corrected chi connectivity index (χ3v) is 3.26. The molecule has 0 bridgehead atoms. The second-order valence-electron chi connectivity index (χ2n) is 4.95. The predicted octanol–water partition coefficient (Wildman–Crippen LogP) is 5.24. The molecule has 1 aromatic rings. The van der Waals surface area contributed by atoms with Gasteiger partial charge in [-0.05, 0) is 24.1 Å². The molecule has 0 aliphatic rings. The van der Waals surface area contributed by atoms with Crippen LogP contribution in [-0.2, 0) is 6.18 Å². The minimum atomic E-state index is -4.65. The molecule has 0 heterocycles. The molecule has 0 aromatic heterocycles. The molecular weight excluding hydrogens is 272 g/mol. The molecule has 0 aliphatic heterocycles. The Labute approximate surface area is 116 Å². The van der Waals surface area contributed by atoms with Gasteiger partial charge in [0.15, 0.2) is 0 Å². The Morgan fingerprint density at radius 2 is 1.75 bits per heavy atom. The molecule has 1 rings (SSSR count). The predicted molar refractivity (Wildman–Crippen MR) is 69.7 cm³/mol. The van der Waals surface area contributed by atoms with E-state index in [1.54, 1.807) is 0 Å². The fraction of sp³-hybridized carbons (Fsp3) is 0.600. The van der Waals surface area contributed by atoms with Gasteiger partial charge >= 0.3 is 6.18 Å². The minimum absolute atomic E-state index is 0.241. The van der Waals surface area contributed by atoms with Crippen LogP contribution in [0.3, 0.4) is 0 Å². The van der Waals surface area contributed by atoms with E-state index in [1.807, 2.05) is 0 Å². The summed E-state index contributed by atoms with van der Waals surface area (Å²) in [5.41, 5.74) is -1.33. The van der Waals surface area contributed by atoms with Gasteiger partial charge in [-0.3, -0.25) is 0 Å². The van der Waals surface area contributed by atoms with Gasteiger partial charge < -0.3 is 5.11 Å². The Morgan fingerprint density at radius 1 is 1.10 bits per heavy atom. The smallest absolute Gasteiger partial charge is 0.388 e. The van der Waals surface area contributed by atoms with Crippen molar-refractivity contribution in [2.45, 2.75) is 57.7 Å². The Kier molecular flexibility index (Phi) is 6.46. The molecule has 114 valence electrons. The summed E-state index contributed by atoms with van der Waals surface area (Å²) in [7, 11) is 0. The van der Waals surface area contributed by atoms with Crippen molar-refractivity contribution in [1.82, 2.24) is 0 Å². The largest absolute Gasteiger partial charge is 0.416 e. The fourth-order valence-corrected chi connectivity index (χ4v) is 2.16. The van der Waals surface area contributed by atoms with Gasteiger partial charge in [-0.1, -0.05) is 45.1 Å². The van der Waals surface area contributed by atoms with Crippen LogP contribution >= 0.6 is 0 Å². The van der Waals surface area contributed by atoms with Crippen molar-refractivity contribution < 1.29 is 22.7 Å². The van der Waals surface area contributed by atoms with E-state index >= 15 is 0 Å². The van der Waals surface area contributed by atoms with Crippen LogP contribution in [0.25, 0.3) is 0 Å². The molecular formula is C15H20F4O. The molecule has 0 saturated carbocycles. The lowest BCUT2D eigenvalue weighted by Gasteiger charge is -2.17. The number of aliphatic hydroxyl groups excluding tert-OH is 1. The van der Waals surface area contributed by atoms with E-state index in [0.29, 0.717) is 12.5 Å². The summed E-state index contributed by atoms with van der Waals surface area (Å²) in [6.07, 6.45) is -0.867. The maximum atomic E-state index is 13.0. The van der Waals surface area contributed by atoms with Gasteiger partial charge in [-0.15, -0.1) is 0 Å². The highest BCUT2D eigenvalue weighted by Gasteiger charge is 2.35. The first kappa shape index (κ1) is 17.0. The van der Waals surface area contributed by atoms with Crippen molar-refractivity contribution in [1.29, 1.82) is 0 Å². The van der Waals surface area contributed by atoms with E-state index in [0.717, 1.165) is 37.8 Å². The highest BCUT2D eigenvalue weighted by Crippen LogP contribution is 2.36. The van der Waals surface area contributed by atoms with Gasteiger partial charge in [-0.25, -0.2) is 4.39 Å². The number of alkyl halides is 3. The summed E-state index contributed by atoms with van der Waals surface area (Å²) in [4.78, 5) is 0. The maximum absolute atomic E-state index is 13.0. The molecule has 0 radical (unpaired) electrons. The van der Waals surface area contributed by atoms with E-state index < -0.39 is 23.7 Å². The average Bonchev–Trinajstić information content (AvgIpc) is 2.37. The van der Waals surface area contributed by atoms with Crippen molar-refractivity contribution in [2.24, 2.45) is 0 Å². The van der Waals surface area contributed by atoms with Gasteiger partial charge in [-0.2, -0.15) is 13.2 Å². The van der Waals surface area contributed by atoms with Crippen molar-refractivity contribution in [2.75, 3.05) is 0 Å². The van der Waals surface area contributed by atoms with E-state index in [9.17, 15) is 22.7 Å². The van der Waals surface area contributed by atoms with Crippen LogP contribution in [0.2, 0.25) is 0 Å².